The van der Waals surface area contributed by atoms with E-state index in [1.807, 2.05) is 66.7 Å². The second-order valence-corrected chi connectivity index (χ2v) is 9.13. The molecule has 0 aliphatic heterocycles. The first-order valence-corrected chi connectivity index (χ1v) is 12.8. The van der Waals surface area contributed by atoms with Crippen LogP contribution in [0.15, 0.2) is 104 Å². The Kier molecular flexibility index (Phi) is 7.49. The van der Waals surface area contributed by atoms with Crippen LogP contribution >= 0.6 is 47.8 Å². The highest BCUT2D eigenvalue weighted by atomic mass is 79.9. The summed E-state index contributed by atoms with van der Waals surface area (Å²) < 4.78 is 12.4. The first-order chi connectivity index (χ1) is 15.2. The molecule has 2 aromatic heterocycles. The Morgan fingerprint density at radius 1 is 0.484 bits per heavy atom. The van der Waals surface area contributed by atoms with Gasteiger partial charge in [0.05, 0.1) is 4.47 Å². The topological polar surface area (TPSA) is 26.3 Å². The van der Waals surface area contributed by atoms with Crippen molar-refractivity contribution in [2.45, 2.75) is 0 Å². The van der Waals surface area contributed by atoms with E-state index in [9.17, 15) is 0 Å². The molecule has 4 aromatic carbocycles. The molecule has 0 radical (unpaired) electrons. The molecule has 0 fully saturated rings. The fourth-order valence-corrected chi connectivity index (χ4v) is 3.83. The molecule has 6 aromatic rings. The van der Waals surface area contributed by atoms with Gasteiger partial charge < -0.3 is 8.83 Å². The van der Waals surface area contributed by atoms with Gasteiger partial charge in [0.15, 0.2) is 0 Å². The molecule has 5 heteroatoms. The van der Waals surface area contributed by atoms with Crippen LogP contribution in [0.4, 0.5) is 0 Å². The van der Waals surface area contributed by atoms with Crippen molar-refractivity contribution in [2.24, 2.45) is 0 Å². The maximum absolute atomic E-state index is 5.74. The molecule has 31 heavy (non-hydrogen) atoms. The van der Waals surface area contributed by atoms with Crippen molar-refractivity contribution >= 4 is 91.7 Å². The molecule has 2 heterocycles. The van der Waals surface area contributed by atoms with Gasteiger partial charge in [-0.1, -0.05) is 98.6 Å². The summed E-state index contributed by atoms with van der Waals surface area (Å²) in [6.45, 7) is 0. The Morgan fingerprint density at radius 2 is 0.903 bits per heavy atom. The molecule has 0 atom stereocenters. The molecule has 0 unspecified atom stereocenters. The fourth-order valence-electron chi connectivity index (χ4n) is 3.39. The van der Waals surface area contributed by atoms with Gasteiger partial charge in [-0.25, -0.2) is 0 Å². The van der Waals surface area contributed by atoms with Crippen molar-refractivity contribution in [3.8, 4) is 0 Å². The van der Waals surface area contributed by atoms with Crippen LogP contribution in [0.3, 0.4) is 0 Å². The third-order valence-corrected chi connectivity index (χ3v) is 7.19. The average molecular weight is 603 g/mol. The van der Waals surface area contributed by atoms with E-state index in [4.69, 9.17) is 8.83 Å². The zero-order chi connectivity index (χ0) is 21.6. The maximum Gasteiger partial charge on any atom is 0.149 e. The third kappa shape index (κ3) is 4.89. The summed E-state index contributed by atoms with van der Waals surface area (Å²) in [6.07, 6.45) is 0. The molecule has 0 saturated carbocycles. The van der Waals surface area contributed by atoms with Crippen LogP contribution in [0.25, 0.3) is 43.9 Å². The second kappa shape index (κ2) is 10.5. The van der Waals surface area contributed by atoms with Crippen LogP contribution in [0, 0.1) is 0 Å². The van der Waals surface area contributed by atoms with Gasteiger partial charge in [-0.3, -0.25) is 0 Å². The highest BCUT2D eigenvalue weighted by molar-refractivity contribution is 9.12. The lowest BCUT2D eigenvalue weighted by atomic mass is 10.2. The second-order valence-electron chi connectivity index (χ2n) is 6.69. The van der Waals surface area contributed by atoms with Crippen molar-refractivity contribution in [3.63, 3.8) is 0 Å². The van der Waals surface area contributed by atoms with Crippen LogP contribution < -0.4 is 0 Å². The quantitative estimate of drug-likeness (QED) is 0.175. The minimum absolute atomic E-state index is 0.925. The Morgan fingerprint density at radius 3 is 1.42 bits per heavy atom. The number of benzene rings is 4. The molecule has 0 aliphatic carbocycles. The van der Waals surface area contributed by atoms with Gasteiger partial charge in [-0.05, 0) is 40.2 Å². The van der Waals surface area contributed by atoms with Gasteiger partial charge in [0.25, 0.3) is 0 Å². The van der Waals surface area contributed by atoms with E-state index in [2.05, 4.69) is 72.1 Å². The number of rotatable bonds is 1. The van der Waals surface area contributed by atoms with E-state index in [1.54, 1.807) is 0 Å². The van der Waals surface area contributed by atoms with E-state index < -0.39 is 0 Å². The molecule has 0 spiro atoms. The number of hydrogen-bond donors (Lipinski definition) is 0. The van der Waals surface area contributed by atoms with E-state index in [0.717, 1.165) is 42.9 Å². The number of hydrogen-bond acceptors (Lipinski definition) is 2. The van der Waals surface area contributed by atoms with Gasteiger partial charge in [0.1, 0.15) is 22.3 Å². The third-order valence-electron chi connectivity index (χ3n) is 4.71. The molecule has 2 nitrogen and oxygen atoms in total. The molecule has 0 bridgehead atoms. The van der Waals surface area contributed by atoms with E-state index in [0.29, 0.717) is 0 Å². The summed E-state index contributed by atoms with van der Waals surface area (Å²) in [5.74, 6) is 0. The smallest absolute Gasteiger partial charge is 0.149 e. The van der Waals surface area contributed by atoms with Crippen molar-refractivity contribution < 1.29 is 8.83 Å². The lowest BCUT2D eigenvalue weighted by Crippen LogP contribution is -1.66. The summed E-state index contributed by atoms with van der Waals surface area (Å²) in [5.41, 5.74) is 3.79. The minimum Gasteiger partial charge on any atom is -0.456 e. The predicted octanol–water partition coefficient (Wildman–Crippen LogP) is 9.71. The minimum atomic E-state index is 0.925. The summed E-state index contributed by atoms with van der Waals surface area (Å²) in [5, 5.41) is 6.81. The van der Waals surface area contributed by atoms with Crippen LogP contribution in [0.1, 0.15) is 0 Å². The van der Waals surface area contributed by atoms with Crippen molar-refractivity contribution in [1.29, 1.82) is 0 Å². The van der Waals surface area contributed by atoms with Crippen molar-refractivity contribution in [3.05, 3.63) is 95.5 Å². The van der Waals surface area contributed by atoms with Gasteiger partial charge in [0, 0.05) is 32.2 Å². The van der Waals surface area contributed by atoms with Gasteiger partial charge in [-0.2, -0.15) is 0 Å². The van der Waals surface area contributed by atoms with E-state index in [1.165, 1.54) is 16.2 Å². The first kappa shape index (κ1) is 22.1. The van der Waals surface area contributed by atoms with Gasteiger partial charge in [-0.15, -0.1) is 0 Å². The fraction of sp³-hybridized carbons (Fsp3) is 0.0769. The number of alkyl halides is 2. The Hall–Kier alpha value is -2.08. The summed E-state index contributed by atoms with van der Waals surface area (Å²) in [6, 6.07) is 30.4. The standard InChI is InChI=1S/C12H7BrO.C12H8O.C2H4Br2/c13-10-6-3-5-9-8-4-1-2-7-11(8)14-12(9)10;1-3-7-11-9(5-1)10-6-2-4-8-12(10)13-11;3-1-2-4/h1-7H;1-8H;1-2H2. The largest absolute Gasteiger partial charge is 0.456 e. The van der Waals surface area contributed by atoms with Gasteiger partial charge >= 0.3 is 0 Å². The molecule has 0 amide bonds. The molecular formula is C26H19Br3O2. The van der Waals surface area contributed by atoms with Crippen molar-refractivity contribution in [2.75, 3.05) is 10.7 Å². The van der Waals surface area contributed by atoms with Crippen LogP contribution in [0.5, 0.6) is 0 Å². The number of para-hydroxylation sites is 4. The highest BCUT2D eigenvalue weighted by Crippen LogP contribution is 2.32. The molecular weight excluding hydrogens is 584 g/mol. The maximum atomic E-state index is 5.74. The molecule has 156 valence electrons. The Bertz CT molecular complexity index is 1380. The zero-order valence-electron chi connectivity index (χ0n) is 16.5. The molecule has 0 saturated heterocycles. The molecule has 0 aliphatic rings. The number of fused-ring (bicyclic) bond motifs is 6. The lowest BCUT2D eigenvalue weighted by Gasteiger charge is -1.89. The van der Waals surface area contributed by atoms with Crippen LogP contribution in [-0.4, -0.2) is 10.7 Å². The predicted molar refractivity (Wildman–Crippen MR) is 143 cm³/mol. The molecule has 6 rings (SSSR count). The number of halogens is 3. The number of furan rings is 2. The summed E-state index contributed by atoms with van der Waals surface area (Å²) in [7, 11) is 0. The SMILES string of the molecule is BrCCBr.Brc1cccc2c1oc1ccccc12.c1ccc2c(c1)oc1ccccc12. The summed E-state index contributed by atoms with van der Waals surface area (Å²) >= 11 is 9.88. The Labute approximate surface area is 205 Å². The van der Waals surface area contributed by atoms with E-state index >= 15 is 0 Å². The van der Waals surface area contributed by atoms with Crippen molar-refractivity contribution in [1.82, 2.24) is 0 Å². The first-order valence-electron chi connectivity index (χ1n) is 9.77. The van der Waals surface area contributed by atoms with Crippen LogP contribution in [-0.2, 0) is 0 Å². The lowest BCUT2D eigenvalue weighted by molar-refractivity contribution is 0.666. The Balaban J connectivity index is 0.000000128. The normalized spacial score (nSPS) is 10.7. The van der Waals surface area contributed by atoms with E-state index in [-0.39, 0.29) is 0 Å². The summed E-state index contributed by atoms with van der Waals surface area (Å²) in [4.78, 5) is 0. The zero-order valence-corrected chi connectivity index (χ0v) is 21.3. The highest BCUT2D eigenvalue weighted by Gasteiger charge is 2.07. The monoisotopic (exact) mass is 600 g/mol. The van der Waals surface area contributed by atoms with Gasteiger partial charge in [0.2, 0.25) is 0 Å². The average Bonchev–Trinajstić information content (AvgIpc) is 3.39. The van der Waals surface area contributed by atoms with Crippen LogP contribution in [0.2, 0.25) is 0 Å². The molecule has 0 N–H and O–H groups in total.